The van der Waals surface area contributed by atoms with Gasteiger partial charge in [0.05, 0.1) is 13.2 Å². The van der Waals surface area contributed by atoms with Crippen LogP contribution in [0, 0.1) is 11.3 Å². The summed E-state index contributed by atoms with van der Waals surface area (Å²) in [5, 5.41) is 22.1. The van der Waals surface area contributed by atoms with Crippen LogP contribution in [0.1, 0.15) is 49.4 Å². The van der Waals surface area contributed by atoms with E-state index in [9.17, 15) is 20.0 Å². The summed E-state index contributed by atoms with van der Waals surface area (Å²) in [6.07, 6.45) is 2.88. The average molecular weight is 346 g/mol. The zero-order valence-corrected chi connectivity index (χ0v) is 14.4. The zero-order chi connectivity index (χ0) is 18.4. The Labute approximate surface area is 146 Å². The number of aromatic hydroxyl groups is 1. The molecule has 0 aromatic heterocycles. The maximum absolute atomic E-state index is 12.3. The molecule has 0 saturated heterocycles. The molecule has 1 aliphatic rings. The Bertz CT molecular complexity index is 689. The van der Waals surface area contributed by atoms with Gasteiger partial charge in [-0.1, -0.05) is 25.3 Å². The summed E-state index contributed by atoms with van der Waals surface area (Å²) < 4.78 is 10.1. The second-order valence-corrected chi connectivity index (χ2v) is 6.15. The summed E-state index contributed by atoms with van der Waals surface area (Å²) in [6.45, 7) is 1.43. The second kappa shape index (κ2) is 7.88. The Kier molecular flexibility index (Phi) is 5.86. The van der Waals surface area contributed by atoms with E-state index in [1.165, 1.54) is 32.2 Å². The molecule has 0 bridgehead atoms. The number of nitrogens with one attached hydrogen (secondary N) is 1. The number of esters is 1. The van der Waals surface area contributed by atoms with Crippen molar-refractivity contribution in [3.8, 4) is 17.6 Å². The summed E-state index contributed by atoms with van der Waals surface area (Å²) in [5.41, 5.74) is -0.986. The highest BCUT2D eigenvalue weighted by molar-refractivity contribution is 5.95. The molecule has 0 radical (unpaired) electrons. The average Bonchev–Trinajstić information content (AvgIpc) is 2.62. The number of carbonyl (C=O) groups excluding carboxylic acids is 2. The third-order valence-electron chi connectivity index (χ3n) is 4.38. The molecule has 1 fully saturated rings. The molecular formula is C18H22N2O5. The van der Waals surface area contributed by atoms with E-state index in [1.807, 2.05) is 0 Å². The topological polar surface area (TPSA) is 109 Å². The Hall–Kier alpha value is -2.75. The maximum atomic E-state index is 12.3. The third kappa shape index (κ3) is 4.21. The van der Waals surface area contributed by atoms with Crippen molar-refractivity contribution in [2.45, 2.75) is 50.7 Å². The van der Waals surface area contributed by atoms with Crippen molar-refractivity contribution in [3.05, 3.63) is 23.8 Å². The van der Waals surface area contributed by atoms with E-state index in [1.54, 1.807) is 0 Å². The molecule has 7 nitrogen and oxygen atoms in total. The SMILES string of the molecule is COc1cccc(C(=O)OC(C)C(=O)NC2(C#N)CCCCC2)c1O. The number of methoxy groups -OCH3 is 1. The minimum absolute atomic E-state index is 0.0911. The number of hydrogen-bond acceptors (Lipinski definition) is 6. The highest BCUT2D eigenvalue weighted by Gasteiger charge is 2.35. The zero-order valence-electron chi connectivity index (χ0n) is 14.4. The Morgan fingerprint density at radius 2 is 2.00 bits per heavy atom. The Balaban J connectivity index is 2.03. The summed E-state index contributed by atoms with van der Waals surface area (Å²) in [7, 11) is 1.37. The number of rotatable bonds is 5. The van der Waals surface area contributed by atoms with Crippen molar-refractivity contribution in [3.63, 3.8) is 0 Å². The lowest BCUT2D eigenvalue weighted by molar-refractivity contribution is -0.130. The minimum Gasteiger partial charge on any atom is -0.504 e. The first-order chi connectivity index (χ1) is 11.9. The van der Waals surface area contributed by atoms with Crippen molar-refractivity contribution in [2.75, 3.05) is 7.11 Å². The highest BCUT2D eigenvalue weighted by Crippen LogP contribution is 2.30. The fraction of sp³-hybridized carbons (Fsp3) is 0.500. The molecule has 0 aliphatic heterocycles. The van der Waals surface area contributed by atoms with Gasteiger partial charge in [0.15, 0.2) is 17.6 Å². The van der Waals surface area contributed by atoms with Gasteiger partial charge in [-0.05, 0) is 31.9 Å². The molecule has 1 amide bonds. The maximum Gasteiger partial charge on any atom is 0.342 e. The van der Waals surface area contributed by atoms with E-state index < -0.39 is 23.5 Å². The summed E-state index contributed by atoms with van der Waals surface area (Å²) in [4.78, 5) is 24.5. The number of benzene rings is 1. The lowest BCUT2D eigenvalue weighted by Crippen LogP contribution is -2.52. The number of carbonyl (C=O) groups is 2. The molecule has 1 saturated carbocycles. The van der Waals surface area contributed by atoms with Gasteiger partial charge in [0, 0.05) is 0 Å². The standard InChI is InChI=1S/C18H22N2O5/c1-12(16(22)20-18(11-19)9-4-3-5-10-18)25-17(23)13-7-6-8-14(24-2)15(13)21/h6-8,12,21H,3-5,9-10H2,1-2H3,(H,20,22). The van der Waals surface area contributed by atoms with Crippen LogP contribution in [0.2, 0.25) is 0 Å². The molecule has 0 heterocycles. The third-order valence-corrected chi connectivity index (χ3v) is 4.38. The van der Waals surface area contributed by atoms with E-state index in [4.69, 9.17) is 9.47 Å². The molecule has 1 aromatic carbocycles. The Morgan fingerprint density at radius 1 is 1.32 bits per heavy atom. The molecule has 1 aromatic rings. The van der Waals surface area contributed by atoms with Gasteiger partial charge in [-0.15, -0.1) is 0 Å². The van der Waals surface area contributed by atoms with Crippen LogP contribution in [0.5, 0.6) is 11.5 Å². The van der Waals surface area contributed by atoms with Crippen LogP contribution >= 0.6 is 0 Å². The fourth-order valence-electron chi connectivity index (χ4n) is 2.89. The van der Waals surface area contributed by atoms with Crippen LogP contribution in [-0.4, -0.2) is 35.7 Å². The van der Waals surface area contributed by atoms with Gasteiger partial charge < -0.3 is 19.9 Å². The first-order valence-electron chi connectivity index (χ1n) is 8.22. The number of ether oxygens (including phenoxy) is 2. The number of para-hydroxylation sites is 1. The van der Waals surface area contributed by atoms with E-state index in [0.717, 1.165) is 19.3 Å². The lowest BCUT2D eigenvalue weighted by atomic mass is 9.83. The van der Waals surface area contributed by atoms with Crippen molar-refractivity contribution >= 4 is 11.9 Å². The van der Waals surface area contributed by atoms with Gasteiger partial charge in [0.1, 0.15) is 11.1 Å². The summed E-state index contributed by atoms with van der Waals surface area (Å²) >= 11 is 0. The van der Waals surface area contributed by atoms with Crippen LogP contribution in [-0.2, 0) is 9.53 Å². The van der Waals surface area contributed by atoms with E-state index in [0.29, 0.717) is 12.8 Å². The number of nitrogens with zero attached hydrogens (tertiary/aromatic N) is 1. The number of nitriles is 1. The van der Waals surface area contributed by atoms with Crippen molar-refractivity contribution in [1.29, 1.82) is 5.26 Å². The normalized spacial score (nSPS) is 17.0. The summed E-state index contributed by atoms with van der Waals surface area (Å²) in [6, 6.07) is 6.60. The van der Waals surface area contributed by atoms with Crippen LogP contribution in [0.15, 0.2) is 18.2 Å². The number of phenols is 1. The lowest BCUT2D eigenvalue weighted by Gasteiger charge is -2.32. The van der Waals surface area contributed by atoms with Crippen LogP contribution in [0.4, 0.5) is 0 Å². The molecule has 1 unspecified atom stereocenters. The first-order valence-corrected chi connectivity index (χ1v) is 8.22. The van der Waals surface area contributed by atoms with Crippen molar-refractivity contribution < 1.29 is 24.2 Å². The second-order valence-electron chi connectivity index (χ2n) is 6.15. The molecular weight excluding hydrogens is 324 g/mol. The number of hydrogen-bond donors (Lipinski definition) is 2. The van der Waals surface area contributed by atoms with Gasteiger partial charge in [-0.25, -0.2) is 4.79 Å². The highest BCUT2D eigenvalue weighted by atomic mass is 16.5. The molecule has 25 heavy (non-hydrogen) atoms. The quantitative estimate of drug-likeness (QED) is 0.792. The van der Waals surface area contributed by atoms with Gasteiger partial charge in [0.2, 0.25) is 0 Å². The minimum atomic E-state index is -1.09. The first kappa shape index (κ1) is 18.6. The smallest absolute Gasteiger partial charge is 0.342 e. The molecule has 1 aliphatic carbocycles. The molecule has 2 rings (SSSR count). The fourth-order valence-corrected chi connectivity index (χ4v) is 2.89. The number of amides is 1. The van der Waals surface area contributed by atoms with Gasteiger partial charge >= 0.3 is 5.97 Å². The predicted octanol–water partition coefficient (Wildman–Crippen LogP) is 2.29. The predicted molar refractivity (Wildman–Crippen MR) is 89.1 cm³/mol. The molecule has 134 valence electrons. The van der Waals surface area contributed by atoms with Crippen LogP contribution in [0.25, 0.3) is 0 Å². The van der Waals surface area contributed by atoms with E-state index in [-0.39, 0.29) is 17.1 Å². The van der Waals surface area contributed by atoms with Crippen molar-refractivity contribution in [1.82, 2.24) is 5.32 Å². The monoisotopic (exact) mass is 346 g/mol. The van der Waals surface area contributed by atoms with Gasteiger partial charge in [0.25, 0.3) is 5.91 Å². The Morgan fingerprint density at radius 3 is 2.60 bits per heavy atom. The number of phenolic OH excluding ortho intramolecular Hbond substituents is 1. The largest absolute Gasteiger partial charge is 0.504 e. The molecule has 1 atom stereocenters. The molecule has 2 N–H and O–H groups in total. The van der Waals surface area contributed by atoms with Gasteiger partial charge in [-0.2, -0.15) is 5.26 Å². The molecule has 7 heteroatoms. The van der Waals surface area contributed by atoms with Gasteiger partial charge in [-0.3, -0.25) is 4.79 Å². The van der Waals surface area contributed by atoms with Crippen molar-refractivity contribution in [2.24, 2.45) is 0 Å². The summed E-state index contributed by atoms with van der Waals surface area (Å²) in [5.74, 6) is -1.58. The molecule has 0 spiro atoms. The van der Waals surface area contributed by atoms with E-state index in [2.05, 4.69) is 11.4 Å². The van der Waals surface area contributed by atoms with Crippen LogP contribution < -0.4 is 10.1 Å². The van der Waals surface area contributed by atoms with E-state index >= 15 is 0 Å². The van der Waals surface area contributed by atoms with Crippen LogP contribution in [0.3, 0.4) is 0 Å².